The highest BCUT2D eigenvalue weighted by Crippen LogP contribution is 2.34. The number of halogens is 1. The first-order valence-electron chi connectivity index (χ1n) is 9.43. The molecule has 1 heterocycles. The minimum absolute atomic E-state index is 0.0691. The van der Waals surface area contributed by atoms with Gasteiger partial charge >= 0.3 is 11.9 Å². The Labute approximate surface area is 172 Å². The summed E-state index contributed by atoms with van der Waals surface area (Å²) in [7, 11) is 0. The molecule has 30 heavy (non-hydrogen) atoms. The summed E-state index contributed by atoms with van der Waals surface area (Å²) in [5.41, 5.74) is -1.91. The van der Waals surface area contributed by atoms with E-state index in [9.17, 15) is 23.6 Å². The molecular formula is C22H20FNO6. The van der Waals surface area contributed by atoms with Crippen LogP contribution in [0.1, 0.15) is 40.1 Å². The zero-order chi connectivity index (χ0) is 21.9. The van der Waals surface area contributed by atoms with Gasteiger partial charge in [-0.25, -0.2) is 18.9 Å². The average Bonchev–Trinajstić information content (AvgIpc) is 2.99. The highest BCUT2D eigenvalue weighted by Gasteiger charge is 2.61. The molecule has 0 atom stereocenters. The fourth-order valence-electron chi connectivity index (χ4n) is 3.42. The van der Waals surface area contributed by atoms with Crippen molar-refractivity contribution in [2.45, 2.75) is 25.8 Å². The van der Waals surface area contributed by atoms with E-state index in [2.05, 4.69) is 0 Å². The van der Waals surface area contributed by atoms with Crippen LogP contribution in [0, 0.1) is 5.82 Å². The van der Waals surface area contributed by atoms with Crippen LogP contribution in [0.5, 0.6) is 0 Å². The van der Waals surface area contributed by atoms with Crippen molar-refractivity contribution in [1.82, 2.24) is 4.90 Å². The van der Waals surface area contributed by atoms with E-state index in [0.29, 0.717) is 10.5 Å². The topological polar surface area (TPSA) is 90.0 Å². The second-order valence-electron chi connectivity index (χ2n) is 6.60. The van der Waals surface area contributed by atoms with Gasteiger partial charge in [-0.3, -0.25) is 9.59 Å². The minimum atomic E-state index is -2.39. The van der Waals surface area contributed by atoms with Crippen LogP contribution < -0.4 is 0 Å². The van der Waals surface area contributed by atoms with Crippen LogP contribution in [-0.2, 0) is 25.5 Å². The quantitative estimate of drug-likeness (QED) is 0.394. The first kappa shape index (κ1) is 21.2. The van der Waals surface area contributed by atoms with Crippen LogP contribution >= 0.6 is 0 Å². The van der Waals surface area contributed by atoms with Gasteiger partial charge in [-0.1, -0.05) is 24.3 Å². The molecule has 0 spiro atoms. The third-order valence-corrected chi connectivity index (χ3v) is 4.78. The van der Waals surface area contributed by atoms with E-state index < -0.39 is 41.5 Å². The zero-order valence-electron chi connectivity index (χ0n) is 16.5. The maximum absolute atomic E-state index is 13.4. The fraction of sp³-hybridized carbons (Fsp3) is 0.273. The molecule has 0 unspecified atom stereocenters. The monoisotopic (exact) mass is 413 g/mol. The van der Waals surface area contributed by atoms with E-state index in [0.717, 1.165) is 12.1 Å². The number of ether oxygens (including phenoxy) is 2. The number of carbonyl (C=O) groups excluding carboxylic acids is 4. The van der Waals surface area contributed by atoms with Gasteiger partial charge in [-0.2, -0.15) is 0 Å². The molecule has 0 radical (unpaired) electrons. The molecule has 0 N–H and O–H groups in total. The van der Waals surface area contributed by atoms with Gasteiger partial charge in [-0.05, 0) is 43.7 Å². The van der Waals surface area contributed by atoms with Crippen LogP contribution in [0.25, 0.3) is 0 Å². The van der Waals surface area contributed by atoms with E-state index in [1.165, 1.54) is 38.1 Å². The van der Waals surface area contributed by atoms with Crippen LogP contribution in [0.4, 0.5) is 4.39 Å². The van der Waals surface area contributed by atoms with Crippen LogP contribution in [0.3, 0.4) is 0 Å². The van der Waals surface area contributed by atoms with Gasteiger partial charge in [0.25, 0.3) is 11.8 Å². The van der Waals surface area contributed by atoms with Gasteiger partial charge in [0.2, 0.25) is 5.54 Å². The largest absolute Gasteiger partial charge is 0.464 e. The number of amides is 2. The molecule has 8 heteroatoms. The SMILES string of the molecule is CCOC(=O)C(Cc1ccc(F)cc1)(C(=O)OCC)N1C(=O)c2ccccc2C1=O. The van der Waals surface area contributed by atoms with Gasteiger partial charge in [0, 0.05) is 6.42 Å². The molecule has 3 rings (SSSR count). The highest BCUT2D eigenvalue weighted by molar-refractivity contribution is 6.26. The predicted octanol–water partition coefficient (Wildman–Crippen LogP) is 2.53. The third-order valence-electron chi connectivity index (χ3n) is 4.78. The van der Waals surface area contributed by atoms with E-state index in [1.807, 2.05) is 0 Å². The summed E-state index contributed by atoms with van der Waals surface area (Å²) >= 11 is 0. The van der Waals surface area contributed by atoms with Crippen LogP contribution in [0.15, 0.2) is 48.5 Å². The highest BCUT2D eigenvalue weighted by atomic mass is 19.1. The van der Waals surface area contributed by atoms with Gasteiger partial charge < -0.3 is 9.47 Å². The van der Waals surface area contributed by atoms with Crippen molar-refractivity contribution in [1.29, 1.82) is 0 Å². The second kappa shape index (κ2) is 8.44. The number of carbonyl (C=O) groups is 4. The summed E-state index contributed by atoms with van der Waals surface area (Å²) < 4.78 is 23.6. The third kappa shape index (κ3) is 3.45. The first-order chi connectivity index (χ1) is 14.4. The van der Waals surface area contributed by atoms with E-state index in [4.69, 9.17) is 9.47 Å². The van der Waals surface area contributed by atoms with Crippen molar-refractivity contribution >= 4 is 23.8 Å². The Balaban J connectivity index is 2.20. The molecule has 2 amide bonds. The Bertz CT molecular complexity index is 948. The van der Waals surface area contributed by atoms with Crippen molar-refractivity contribution in [3.05, 3.63) is 71.0 Å². The van der Waals surface area contributed by atoms with Crippen molar-refractivity contribution in [3.8, 4) is 0 Å². The summed E-state index contributed by atoms with van der Waals surface area (Å²) in [4.78, 5) is 53.2. The summed E-state index contributed by atoms with van der Waals surface area (Å²) in [5, 5.41) is 0. The lowest BCUT2D eigenvalue weighted by Crippen LogP contribution is -2.64. The van der Waals surface area contributed by atoms with Crippen molar-refractivity contribution < 1.29 is 33.0 Å². The lowest BCUT2D eigenvalue weighted by molar-refractivity contribution is -0.171. The number of fused-ring (bicyclic) bond motifs is 1. The maximum atomic E-state index is 13.4. The van der Waals surface area contributed by atoms with E-state index in [1.54, 1.807) is 12.1 Å². The molecule has 156 valence electrons. The standard InChI is InChI=1S/C22H20FNO6/c1-3-29-20(27)22(21(28)30-4-2,13-14-9-11-15(23)12-10-14)24-18(25)16-7-5-6-8-17(16)19(24)26/h5-12H,3-4,13H2,1-2H3. The number of imide groups is 1. The number of esters is 2. The van der Waals surface area contributed by atoms with Gasteiger partial charge in [0.15, 0.2) is 0 Å². The molecule has 0 fully saturated rings. The van der Waals surface area contributed by atoms with E-state index in [-0.39, 0.29) is 24.3 Å². The molecule has 1 aliphatic rings. The van der Waals surface area contributed by atoms with Gasteiger partial charge in [0.05, 0.1) is 24.3 Å². The fourth-order valence-corrected chi connectivity index (χ4v) is 3.42. The normalized spacial score (nSPS) is 13.2. The van der Waals surface area contributed by atoms with Crippen molar-refractivity contribution in [3.63, 3.8) is 0 Å². The Morgan fingerprint density at radius 1 is 0.867 bits per heavy atom. The summed E-state index contributed by atoms with van der Waals surface area (Å²) in [6, 6.07) is 11.1. The molecule has 0 saturated carbocycles. The molecule has 2 aromatic carbocycles. The molecule has 0 bridgehead atoms. The molecule has 2 aromatic rings. The average molecular weight is 413 g/mol. The number of benzene rings is 2. The Hall–Kier alpha value is -3.55. The first-order valence-corrected chi connectivity index (χ1v) is 9.43. The Morgan fingerprint density at radius 2 is 1.33 bits per heavy atom. The second-order valence-corrected chi connectivity index (χ2v) is 6.60. The van der Waals surface area contributed by atoms with Crippen molar-refractivity contribution in [2.24, 2.45) is 0 Å². The zero-order valence-corrected chi connectivity index (χ0v) is 16.5. The van der Waals surface area contributed by atoms with Crippen LogP contribution in [0.2, 0.25) is 0 Å². The Kier molecular flexibility index (Phi) is 5.96. The van der Waals surface area contributed by atoms with Crippen LogP contribution in [-0.4, -0.2) is 47.4 Å². The Morgan fingerprint density at radius 3 is 1.77 bits per heavy atom. The molecule has 0 saturated heterocycles. The number of hydrogen-bond acceptors (Lipinski definition) is 6. The molecule has 1 aliphatic heterocycles. The van der Waals surface area contributed by atoms with Crippen molar-refractivity contribution in [2.75, 3.05) is 13.2 Å². The smallest absolute Gasteiger partial charge is 0.344 e. The lowest BCUT2D eigenvalue weighted by Gasteiger charge is -2.35. The molecule has 7 nitrogen and oxygen atoms in total. The number of rotatable bonds is 7. The van der Waals surface area contributed by atoms with Gasteiger partial charge in [0.1, 0.15) is 5.82 Å². The summed E-state index contributed by atoms with van der Waals surface area (Å²) in [5.74, 6) is -4.32. The molecule has 0 aliphatic carbocycles. The number of nitrogens with zero attached hydrogens (tertiary/aromatic N) is 1. The lowest BCUT2D eigenvalue weighted by atomic mass is 9.88. The minimum Gasteiger partial charge on any atom is -0.464 e. The summed E-state index contributed by atoms with van der Waals surface area (Å²) in [6.07, 6.45) is -0.420. The van der Waals surface area contributed by atoms with E-state index >= 15 is 0 Å². The maximum Gasteiger partial charge on any atom is 0.344 e. The predicted molar refractivity (Wildman–Crippen MR) is 103 cm³/mol. The molecule has 0 aromatic heterocycles. The molecular weight excluding hydrogens is 393 g/mol. The van der Waals surface area contributed by atoms with Gasteiger partial charge in [-0.15, -0.1) is 0 Å². The number of hydrogen-bond donors (Lipinski definition) is 0. The summed E-state index contributed by atoms with van der Waals surface area (Å²) in [6.45, 7) is 2.89.